The van der Waals surface area contributed by atoms with Crippen molar-refractivity contribution in [1.82, 2.24) is 4.90 Å². The summed E-state index contributed by atoms with van der Waals surface area (Å²) in [5.74, 6) is 0.632. The van der Waals surface area contributed by atoms with Gasteiger partial charge < -0.3 is 20.1 Å². The first-order chi connectivity index (χ1) is 9.11. The Bertz CT molecular complexity index is 433. The quantitative estimate of drug-likeness (QED) is 0.866. The lowest BCUT2D eigenvalue weighted by molar-refractivity contribution is -0.135. The van der Waals surface area contributed by atoms with Crippen molar-refractivity contribution in [3.05, 3.63) is 29.8 Å². The Balaban J connectivity index is 1.95. The molecule has 104 valence electrons. The van der Waals surface area contributed by atoms with Crippen LogP contribution in [0.2, 0.25) is 0 Å². The average molecular weight is 264 g/mol. The van der Waals surface area contributed by atoms with Crippen LogP contribution >= 0.6 is 0 Å². The molecule has 1 heterocycles. The van der Waals surface area contributed by atoms with Gasteiger partial charge in [0.1, 0.15) is 5.75 Å². The molecule has 0 saturated carbocycles. The topological polar surface area (TPSA) is 64.8 Å². The van der Waals surface area contributed by atoms with Crippen LogP contribution in [0.1, 0.15) is 5.56 Å². The summed E-state index contributed by atoms with van der Waals surface area (Å²) >= 11 is 0. The monoisotopic (exact) mass is 264 g/mol. The van der Waals surface area contributed by atoms with E-state index in [2.05, 4.69) is 0 Å². The molecule has 1 aliphatic rings. The molecule has 0 aromatic heterocycles. The molecule has 19 heavy (non-hydrogen) atoms. The molecule has 5 nitrogen and oxygen atoms in total. The number of nitrogens with two attached hydrogens (primary N) is 1. The number of carbonyl (C=O) groups excluding carboxylic acids is 1. The fourth-order valence-electron chi connectivity index (χ4n) is 2.19. The number of methoxy groups -OCH3 is 1. The molecule has 1 saturated heterocycles. The molecule has 2 unspecified atom stereocenters. The highest BCUT2D eigenvalue weighted by molar-refractivity contribution is 5.79. The van der Waals surface area contributed by atoms with Crippen LogP contribution in [-0.2, 0) is 16.1 Å². The largest absolute Gasteiger partial charge is 0.497 e. The minimum absolute atomic E-state index is 0.0424. The van der Waals surface area contributed by atoms with Gasteiger partial charge in [-0.05, 0) is 17.7 Å². The number of rotatable bonds is 4. The zero-order valence-corrected chi connectivity index (χ0v) is 11.3. The molecule has 1 aliphatic heterocycles. The molecule has 2 atom stereocenters. The molecular weight excluding hydrogens is 244 g/mol. The van der Waals surface area contributed by atoms with Crippen LogP contribution in [0.5, 0.6) is 5.75 Å². The van der Waals surface area contributed by atoms with Crippen molar-refractivity contribution < 1.29 is 14.3 Å². The summed E-state index contributed by atoms with van der Waals surface area (Å²) in [6.07, 6.45) is 0. The third kappa shape index (κ3) is 3.24. The van der Waals surface area contributed by atoms with Gasteiger partial charge in [0, 0.05) is 19.6 Å². The highest BCUT2D eigenvalue weighted by atomic mass is 16.5. The molecule has 0 aliphatic carbocycles. The van der Waals surface area contributed by atoms with E-state index in [4.69, 9.17) is 15.2 Å². The molecule has 5 heteroatoms. The molecule has 0 radical (unpaired) electrons. The van der Waals surface area contributed by atoms with Crippen LogP contribution in [0.15, 0.2) is 24.3 Å². The average Bonchev–Trinajstić information content (AvgIpc) is 2.85. The van der Waals surface area contributed by atoms with E-state index < -0.39 is 0 Å². The van der Waals surface area contributed by atoms with E-state index in [9.17, 15) is 4.79 Å². The Morgan fingerprint density at radius 1 is 1.42 bits per heavy atom. The predicted molar refractivity (Wildman–Crippen MR) is 71.8 cm³/mol. The first-order valence-corrected chi connectivity index (χ1v) is 6.33. The fourth-order valence-corrected chi connectivity index (χ4v) is 2.19. The zero-order valence-electron chi connectivity index (χ0n) is 11.3. The van der Waals surface area contributed by atoms with Gasteiger partial charge in [0.05, 0.1) is 26.2 Å². The Kier molecular flexibility index (Phi) is 4.39. The van der Waals surface area contributed by atoms with Crippen LogP contribution in [0.25, 0.3) is 0 Å². The van der Waals surface area contributed by atoms with Crippen LogP contribution in [-0.4, -0.2) is 44.2 Å². The van der Waals surface area contributed by atoms with Gasteiger partial charge in [-0.25, -0.2) is 0 Å². The van der Waals surface area contributed by atoms with Gasteiger partial charge in [0.25, 0.3) is 0 Å². The maximum absolute atomic E-state index is 12.2. The molecule has 1 fully saturated rings. The maximum Gasteiger partial charge on any atom is 0.229 e. The molecule has 0 bridgehead atoms. The molecule has 1 amide bonds. The Morgan fingerprint density at radius 3 is 2.63 bits per heavy atom. The second-order valence-corrected chi connectivity index (χ2v) is 4.85. The van der Waals surface area contributed by atoms with E-state index >= 15 is 0 Å². The number of benzene rings is 1. The van der Waals surface area contributed by atoms with Crippen LogP contribution in [0.4, 0.5) is 0 Å². The van der Waals surface area contributed by atoms with Crippen molar-refractivity contribution in [2.45, 2.75) is 12.6 Å². The summed E-state index contributed by atoms with van der Waals surface area (Å²) < 4.78 is 10.3. The summed E-state index contributed by atoms with van der Waals surface area (Å²) in [7, 11) is 3.42. The van der Waals surface area contributed by atoms with Gasteiger partial charge in [-0.1, -0.05) is 12.1 Å². The number of nitrogens with zero attached hydrogens (tertiary/aromatic N) is 1. The van der Waals surface area contributed by atoms with Gasteiger partial charge in [-0.2, -0.15) is 0 Å². The SMILES string of the molecule is COc1ccc(CN(C)C(=O)C2COCC2N)cc1. The van der Waals surface area contributed by atoms with Gasteiger partial charge >= 0.3 is 0 Å². The first kappa shape index (κ1) is 13.8. The summed E-state index contributed by atoms with van der Waals surface area (Å²) in [6, 6.07) is 7.49. The molecule has 1 aromatic carbocycles. The minimum Gasteiger partial charge on any atom is -0.497 e. The number of amides is 1. The Hall–Kier alpha value is -1.59. The molecular formula is C14H20N2O3. The van der Waals surface area contributed by atoms with Crippen LogP contribution in [0.3, 0.4) is 0 Å². The second-order valence-electron chi connectivity index (χ2n) is 4.85. The molecule has 1 aromatic rings. The Labute approximate surface area is 113 Å². The van der Waals surface area contributed by atoms with Crippen molar-refractivity contribution >= 4 is 5.91 Å². The van der Waals surface area contributed by atoms with E-state index in [0.29, 0.717) is 19.8 Å². The molecule has 0 spiro atoms. The van der Waals surface area contributed by atoms with Crippen molar-refractivity contribution in [2.24, 2.45) is 11.7 Å². The lowest BCUT2D eigenvalue weighted by atomic mass is 10.0. The Morgan fingerprint density at radius 2 is 2.11 bits per heavy atom. The number of carbonyl (C=O) groups is 1. The highest BCUT2D eigenvalue weighted by Gasteiger charge is 2.33. The normalized spacial score (nSPS) is 22.3. The highest BCUT2D eigenvalue weighted by Crippen LogP contribution is 2.17. The molecule has 2 rings (SSSR count). The van der Waals surface area contributed by atoms with E-state index in [0.717, 1.165) is 11.3 Å². The van der Waals surface area contributed by atoms with Crippen LogP contribution in [0, 0.1) is 5.92 Å². The van der Waals surface area contributed by atoms with E-state index in [1.807, 2.05) is 24.3 Å². The first-order valence-electron chi connectivity index (χ1n) is 6.33. The number of ether oxygens (including phenoxy) is 2. The lowest BCUT2D eigenvalue weighted by Crippen LogP contribution is -2.41. The standard InChI is InChI=1S/C14H20N2O3/c1-16(14(17)12-8-19-9-13(12)15)7-10-3-5-11(18-2)6-4-10/h3-6,12-13H,7-9,15H2,1-2H3. The number of hydrogen-bond acceptors (Lipinski definition) is 4. The fraction of sp³-hybridized carbons (Fsp3) is 0.500. The van der Waals surface area contributed by atoms with E-state index in [1.54, 1.807) is 19.1 Å². The van der Waals surface area contributed by atoms with Gasteiger partial charge in [-0.15, -0.1) is 0 Å². The van der Waals surface area contributed by atoms with Crippen molar-refractivity contribution in [3.63, 3.8) is 0 Å². The predicted octanol–water partition coefficient (Wildman–Crippen LogP) is 0.627. The third-order valence-electron chi connectivity index (χ3n) is 3.40. The van der Waals surface area contributed by atoms with Crippen molar-refractivity contribution in [1.29, 1.82) is 0 Å². The maximum atomic E-state index is 12.2. The summed E-state index contributed by atoms with van der Waals surface area (Å²) in [4.78, 5) is 13.9. The van der Waals surface area contributed by atoms with Crippen LogP contribution < -0.4 is 10.5 Å². The van der Waals surface area contributed by atoms with Gasteiger partial charge in [0.15, 0.2) is 0 Å². The zero-order chi connectivity index (χ0) is 13.8. The van der Waals surface area contributed by atoms with E-state index in [-0.39, 0.29) is 17.9 Å². The smallest absolute Gasteiger partial charge is 0.229 e. The summed E-state index contributed by atoms with van der Waals surface area (Å²) in [5.41, 5.74) is 6.92. The lowest BCUT2D eigenvalue weighted by Gasteiger charge is -2.22. The molecule has 2 N–H and O–H groups in total. The third-order valence-corrected chi connectivity index (χ3v) is 3.40. The minimum atomic E-state index is -0.219. The summed E-state index contributed by atoms with van der Waals surface area (Å²) in [6.45, 7) is 1.45. The second kappa shape index (κ2) is 6.04. The van der Waals surface area contributed by atoms with Crippen molar-refractivity contribution in [2.75, 3.05) is 27.4 Å². The summed E-state index contributed by atoms with van der Waals surface area (Å²) in [5, 5.41) is 0. The van der Waals surface area contributed by atoms with Gasteiger partial charge in [-0.3, -0.25) is 4.79 Å². The number of hydrogen-bond donors (Lipinski definition) is 1. The van der Waals surface area contributed by atoms with Gasteiger partial charge in [0.2, 0.25) is 5.91 Å². The van der Waals surface area contributed by atoms with E-state index in [1.165, 1.54) is 0 Å². The van der Waals surface area contributed by atoms with Crippen molar-refractivity contribution in [3.8, 4) is 5.75 Å².